The topological polar surface area (TPSA) is 94.7 Å². The molecule has 1 aliphatic carbocycles. The minimum atomic E-state index is -3.51. The number of likely N-dealkylation sites (tertiary alicyclic amines) is 1. The largest absolute Gasteiger partial charge is 0.384 e. The molecule has 1 aromatic heterocycles. The molecule has 0 spiro atoms. The van der Waals surface area contributed by atoms with Gasteiger partial charge in [-0.2, -0.15) is 0 Å². The Morgan fingerprint density at radius 1 is 1.18 bits per heavy atom. The number of hydrogen-bond donors (Lipinski definition) is 3. The zero-order valence-electron chi connectivity index (χ0n) is 19.7. The van der Waals surface area contributed by atoms with E-state index in [1.165, 1.54) is 18.1 Å². The molecule has 0 amide bonds. The van der Waals surface area contributed by atoms with Crippen molar-refractivity contribution >= 4 is 26.6 Å². The van der Waals surface area contributed by atoms with Crippen LogP contribution >= 0.6 is 0 Å². The fourth-order valence-electron chi connectivity index (χ4n) is 5.96. The zero-order chi connectivity index (χ0) is 23.9. The zero-order valence-corrected chi connectivity index (χ0v) is 20.5. The molecule has 2 fully saturated rings. The maximum Gasteiger partial charge on any atom is 0.234 e. The molecule has 0 radical (unpaired) electrons. The molecular weight excluding hydrogens is 450 g/mol. The highest BCUT2D eigenvalue weighted by Gasteiger charge is 2.54. The highest BCUT2D eigenvalue weighted by atomic mass is 32.2. The third-order valence-corrected chi connectivity index (χ3v) is 9.04. The van der Waals surface area contributed by atoms with E-state index in [9.17, 15) is 13.5 Å². The van der Waals surface area contributed by atoms with Gasteiger partial charge in [-0.3, -0.25) is 9.62 Å². The Morgan fingerprint density at radius 2 is 1.91 bits per heavy atom. The molecule has 1 saturated heterocycles. The van der Waals surface area contributed by atoms with Gasteiger partial charge >= 0.3 is 0 Å². The van der Waals surface area contributed by atoms with Gasteiger partial charge < -0.3 is 14.8 Å². The lowest BCUT2D eigenvalue weighted by atomic mass is 9.74. The van der Waals surface area contributed by atoms with Crippen LogP contribution in [0.3, 0.4) is 0 Å². The first-order chi connectivity index (χ1) is 16.3. The van der Waals surface area contributed by atoms with Gasteiger partial charge in [-0.05, 0) is 49.1 Å². The Labute approximate surface area is 201 Å². The molecule has 3 aromatic rings. The number of fused-ring (bicyclic) bond motifs is 3. The van der Waals surface area contributed by atoms with E-state index in [1.807, 2.05) is 18.2 Å². The molecule has 3 unspecified atom stereocenters. The van der Waals surface area contributed by atoms with Crippen molar-refractivity contribution in [2.75, 3.05) is 37.3 Å². The van der Waals surface area contributed by atoms with Crippen LogP contribution < -0.4 is 4.72 Å². The average Bonchev–Trinajstić information content (AvgIpc) is 3.30. The first-order valence-electron chi connectivity index (χ1n) is 11.9. The SMILES string of the molecule is COCCS(=O)(=O)Nc1cccc(C2(O)C3CCC2CN(C(C)c2c[nH]c4ccccc24)C3)c1. The highest BCUT2D eigenvalue weighted by Crippen LogP contribution is 2.53. The molecule has 5 rings (SSSR count). The van der Waals surface area contributed by atoms with Crippen LogP contribution in [-0.2, 0) is 20.4 Å². The number of nitrogens with zero attached hydrogens (tertiary/aromatic N) is 1. The van der Waals surface area contributed by atoms with Gasteiger partial charge in [0.15, 0.2) is 0 Å². The number of aliphatic hydroxyl groups is 1. The van der Waals surface area contributed by atoms with Crippen molar-refractivity contribution in [1.29, 1.82) is 0 Å². The lowest BCUT2D eigenvalue weighted by Gasteiger charge is -2.46. The third kappa shape index (κ3) is 4.13. The second-order valence-corrected chi connectivity index (χ2v) is 11.6. The fraction of sp³-hybridized carbons (Fsp3) is 0.462. The lowest BCUT2D eigenvalue weighted by molar-refractivity contribution is -0.0969. The van der Waals surface area contributed by atoms with Crippen LogP contribution in [0.4, 0.5) is 5.69 Å². The Bertz CT molecular complexity index is 1260. The number of rotatable bonds is 8. The molecule has 2 aliphatic rings. The van der Waals surface area contributed by atoms with Crippen LogP contribution in [0.25, 0.3) is 10.9 Å². The Balaban J connectivity index is 1.36. The first kappa shape index (κ1) is 23.4. The van der Waals surface area contributed by atoms with Crippen molar-refractivity contribution < 1.29 is 18.3 Å². The Kier molecular flexibility index (Phi) is 6.18. The maximum absolute atomic E-state index is 12.3. The summed E-state index contributed by atoms with van der Waals surface area (Å²) in [6.45, 7) is 3.98. The number of anilines is 1. The number of aromatic amines is 1. The summed E-state index contributed by atoms with van der Waals surface area (Å²) in [5, 5.41) is 13.2. The van der Waals surface area contributed by atoms with Crippen molar-refractivity contribution in [2.45, 2.75) is 31.4 Å². The van der Waals surface area contributed by atoms with Gasteiger partial charge in [0.1, 0.15) is 0 Å². The minimum absolute atomic E-state index is 0.0965. The monoisotopic (exact) mass is 483 g/mol. The molecule has 7 nitrogen and oxygen atoms in total. The predicted octanol–water partition coefficient (Wildman–Crippen LogP) is 3.85. The third-order valence-electron chi connectivity index (χ3n) is 7.79. The summed E-state index contributed by atoms with van der Waals surface area (Å²) in [6.07, 6.45) is 4.03. The first-order valence-corrected chi connectivity index (χ1v) is 13.6. The van der Waals surface area contributed by atoms with Gasteiger partial charge in [-0.1, -0.05) is 30.3 Å². The number of ether oxygens (including phenoxy) is 1. The van der Waals surface area contributed by atoms with Gasteiger partial charge in [0.2, 0.25) is 10.0 Å². The quantitative estimate of drug-likeness (QED) is 0.453. The highest BCUT2D eigenvalue weighted by molar-refractivity contribution is 7.92. The summed E-state index contributed by atoms with van der Waals surface area (Å²) in [7, 11) is -2.03. The van der Waals surface area contributed by atoms with Gasteiger partial charge in [0.25, 0.3) is 0 Å². The molecule has 2 bridgehead atoms. The van der Waals surface area contributed by atoms with E-state index in [-0.39, 0.29) is 30.2 Å². The van der Waals surface area contributed by atoms with Crippen molar-refractivity contribution in [3.63, 3.8) is 0 Å². The number of methoxy groups -OCH3 is 1. The summed E-state index contributed by atoms with van der Waals surface area (Å²) in [4.78, 5) is 5.88. The number of benzene rings is 2. The number of para-hydroxylation sites is 1. The smallest absolute Gasteiger partial charge is 0.234 e. The van der Waals surface area contributed by atoms with E-state index in [1.54, 1.807) is 12.1 Å². The summed E-state index contributed by atoms with van der Waals surface area (Å²) in [5.74, 6) is 0.0859. The van der Waals surface area contributed by atoms with Crippen LogP contribution in [0.2, 0.25) is 0 Å². The van der Waals surface area contributed by atoms with Crippen LogP contribution in [0.1, 0.15) is 36.9 Å². The van der Waals surface area contributed by atoms with Crippen LogP contribution in [0.5, 0.6) is 0 Å². The molecule has 2 aromatic carbocycles. The minimum Gasteiger partial charge on any atom is -0.384 e. The number of H-pyrrole nitrogens is 1. The van der Waals surface area contributed by atoms with Crippen molar-refractivity contribution in [3.05, 3.63) is 65.9 Å². The molecule has 8 heteroatoms. The standard InChI is InChI=1S/C26H33N3O4S/c1-18(24-15-27-25-9-4-3-8-23(24)25)29-16-20-10-11-21(17-29)26(20,30)19-6-5-7-22(14-19)28-34(31,32)13-12-33-2/h3-9,14-15,18,20-21,27-28,30H,10-13,16-17H2,1-2H3. The molecule has 34 heavy (non-hydrogen) atoms. The van der Waals surface area contributed by atoms with Crippen LogP contribution in [0, 0.1) is 11.8 Å². The van der Waals surface area contributed by atoms with E-state index < -0.39 is 15.6 Å². The molecule has 1 saturated carbocycles. The second kappa shape index (κ2) is 9.00. The van der Waals surface area contributed by atoms with Gasteiger partial charge in [0.05, 0.1) is 18.0 Å². The Hall–Kier alpha value is -2.39. The molecule has 1 aliphatic heterocycles. The van der Waals surface area contributed by atoms with Gasteiger partial charge in [-0.25, -0.2) is 8.42 Å². The van der Waals surface area contributed by atoms with Crippen molar-refractivity contribution in [2.24, 2.45) is 11.8 Å². The summed E-state index contributed by atoms with van der Waals surface area (Å²) < 4.78 is 32.2. The van der Waals surface area contributed by atoms with Gasteiger partial charge in [-0.15, -0.1) is 0 Å². The molecular formula is C26H33N3O4S. The maximum atomic E-state index is 12.3. The number of hydrogen-bond acceptors (Lipinski definition) is 5. The number of sulfonamides is 1. The molecule has 182 valence electrons. The van der Waals surface area contributed by atoms with E-state index >= 15 is 0 Å². The average molecular weight is 484 g/mol. The lowest BCUT2D eigenvalue weighted by Crippen LogP contribution is -2.52. The van der Waals surface area contributed by atoms with E-state index in [2.05, 4.69) is 45.9 Å². The summed E-state index contributed by atoms with van der Waals surface area (Å²) in [5.41, 5.74) is 2.76. The number of nitrogens with one attached hydrogen (secondary N) is 2. The fourth-order valence-corrected chi connectivity index (χ4v) is 6.93. The number of piperidine rings is 1. The van der Waals surface area contributed by atoms with Crippen molar-refractivity contribution in [1.82, 2.24) is 9.88 Å². The summed E-state index contributed by atoms with van der Waals surface area (Å²) in [6, 6.07) is 15.9. The molecule has 2 heterocycles. The predicted molar refractivity (Wildman–Crippen MR) is 134 cm³/mol. The van der Waals surface area contributed by atoms with E-state index in [4.69, 9.17) is 4.74 Å². The number of aromatic nitrogens is 1. The van der Waals surface area contributed by atoms with E-state index in [0.29, 0.717) is 5.69 Å². The van der Waals surface area contributed by atoms with Crippen LogP contribution in [0.15, 0.2) is 54.7 Å². The molecule has 3 atom stereocenters. The summed E-state index contributed by atoms with van der Waals surface area (Å²) >= 11 is 0. The Morgan fingerprint density at radius 3 is 2.65 bits per heavy atom. The molecule has 3 N–H and O–H groups in total. The van der Waals surface area contributed by atoms with Gasteiger partial charge in [0, 0.05) is 60.9 Å². The van der Waals surface area contributed by atoms with Crippen molar-refractivity contribution in [3.8, 4) is 0 Å². The van der Waals surface area contributed by atoms with E-state index in [0.717, 1.165) is 37.0 Å². The van der Waals surface area contributed by atoms with Crippen LogP contribution in [-0.4, -0.2) is 56.0 Å². The second-order valence-electron chi connectivity index (χ2n) is 9.71. The normalized spacial score (nSPS) is 26.1.